The predicted octanol–water partition coefficient (Wildman–Crippen LogP) is 11.8. The summed E-state index contributed by atoms with van der Waals surface area (Å²) in [4.78, 5) is 2.30. The van der Waals surface area contributed by atoms with Crippen LogP contribution in [-0.2, 0) is 0 Å². The Hall–Kier alpha value is -6.12. The molecule has 0 radical (unpaired) electrons. The van der Waals surface area contributed by atoms with Gasteiger partial charge in [0.2, 0.25) is 0 Å². The van der Waals surface area contributed by atoms with Crippen molar-refractivity contribution in [1.82, 2.24) is 4.57 Å². The summed E-state index contributed by atoms with van der Waals surface area (Å²) in [6, 6.07) is 56.6. The Morgan fingerprint density at radius 1 is 0.435 bits per heavy atom. The lowest BCUT2D eigenvalue weighted by molar-refractivity contribution is 1.19. The molecular weight excluding hydrogens is 556 g/mol. The fraction of sp³-hybridized carbons (Fsp3) is 0. The lowest BCUT2D eigenvalue weighted by Crippen LogP contribution is -2.13. The third kappa shape index (κ3) is 4.04. The summed E-state index contributed by atoms with van der Waals surface area (Å²) in [7, 11) is 0. The van der Waals surface area contributed by atoms with Crippen molar-refractivity contribution in [3.63, 3.8) is 0 Å². The number of hydrogen-bond donors (Lipinski definition) is 0. The van der Waals surface area contributed by atoms with Gasteiger partial charge < -0.3 is 9.47 Å². The van der Waals surface area contributed by atoms with Crippen LogP contribution in [0.15, 0.2) is 171 Å². The topological polar surface area (TPSA) is 8.17 Å². The maximum absolute atomic E-state index is 4.69. The van der Waals surface area contributed by atoms with Crippen LogP contribution in [0.1, 0.15) is 16.7 Å². The summed E-state index contributed by atoms with van der Waals surface area (Å²) in [5, 5.41) is 4.89. The quantitative estimate of drug-likeness (QED) is 0.200. The van der Waals surface area contributed by atoms with Gasteiger partial charge in [-0.1, -0.05) is 128 Å². The minimum absolute atomic E-state index is 1.02. The molecular formula is C44H30N2. The third-order valence-corrected chi connectivity index (χ3v) is 9.32. The van der Waals surface area contributed by atoms with Gasteiger partial charge in [0, 0.05) is 33.6 Å². The molecule has 2 heterocycles. The predicted molar refractivity (Wildman–Crippen MR) is 196 cm³/mol. The lowest BCUT2D eigenvalue weighted by atomic mass is 9.91. The zero-order valence-corrected chi connectivity index (χ0v) is 25.3. The van der Waals surface area contributed by atoms with Crippen LogP contribution in [-0.4, -0.2) is 4.57 Å². The second-order valence-corrected chi connectivity index (χ2v) is 11.9. The molecule has 0 atom stereocenters. The molecule has 1 aromatic heterocycles. The van der Waals surface area contributed by atoms with Crippen molar-refractivity contribution in [2.24, 2.45) is 0 Å². The van der Waals surface area contributed by atoms with E-state index in [1.165, 1.54) is 43.9 Å². The van der Waals surface area contributed by atoms with E-state index in [0.717, 1.165) is 39.2 Å². The van der Waals surface area contributed by atoms with E-state index in [0.29, 0.717) is 0 Å². The fourth-order valence-electron chi connectivity index (χ4n) is 7.16. The molecule has 2 heteroatoms. The van der Waals surface area contributed by atoms with Crippen LogP contribution in [0.4, 0.5) is 11.4 Å². The second kappa shape index (κ2) is 10.5. The number of aromatic nitrogens is 1. The number of nitrogens with zero attached hydrogens (tertiary/aromatic N) is 2. The van der Waals surface area contributed by atoms with Crippen LogP contribution in [0.2, 0.25) is 0 Å². The second-order valence-electron chi connectivity index (χ2n) is 11.9. The standard InChI is InChI=1S/C44H30N2/c1-30-34-19-9-8-16-32(34)26-27-45(33-17-6-3-7-18-33)43-29-44-40(28-39(30)43)38-22-12-13-23-41(38)46(44)42-25-24-35(31-14-4-2-5-15-31)36-20-10-11-21-37(36)42/h2-29H,1H2/b27-26-. The number of rotatable bonds is 3. The maximum Gasteiger partial charge on any atom is 0.0562 e. The lowest BCUT2D eigenvalue weighted by Gasteiger charge is -2.27. The van der Waals surface area contributed by atoms with E-state index in [1.54, 1.807) is 0 Å². The molecule has 1 aliphatic heterocycles. The molecule has 2 nitrogen and oxygen atoms in total. The van der Waals surface area contributed by atoms with Crippen LogP contribution in [0, 0.1) is 0 Å². The summed E-state index contributed by atoms with van der Waals surface area (Å²) < 4.78 is 2.45. The van der Waals surface area contributed by atoms with Gasteiger partial charge in [-0.2, -0.15) is 0 Å². The summed E-state index contributed by atoms with van der Waals surface area (Å²) >= 11 is 0. The Bertz CT molecular complexity index is 2480. The minimum Gasteiger partial charge on any atom is -0.316 e. The Kier molecular flexibility index (Phi) is 6.00. The molecule has 8 aromatic rings. The molecule has 9 rings (SSSR count). The summed E-state index contributed by atoms with van der Waals surface area (Å²) in [5.74, 6) is 0. The monoisotopic (exact) mass is 586 g/mol. The number of benzene rings is 7. The number of fused-ring (bicyclic) bond motifs is 6. The molecule has 0 N–H and O–H groups in total. The Labute approximate surface area is 268 Å². The van der Waals surface area contributed by atoms with Crippen molar-refractivity contribution in [2.75, 3.05) is 4.90 Å². The van der Waals surface area contributed by atoms with E-state index in [9.17, 15) is 0 Å². The van der Waals surface area contributed by atoms with Crippen molar-refractivity contribution in [2.45, 2.75) is 0 Å². The number of anilines is 2. The molecule has 46 heavy (non-hydrogen) atoms. The molecule has 0 saturated carbocycles. The fourth-order valence-corrected chi connectivity index (χ4v) is 7.16. The Morgan fingerprint density at radius 3 is 1.93 bits per heavy atom. The first-order valence-corrected chi connectivity index (χ1v) is 15.7. The third-order valence-electron chi connectivity index (χ3n) is 9.32. The molecule has 0 aliphatic carbocycles. The van der Waals surface area contributed by atoms with Crippen LogP contribution >= 0.6 is 0 Å². The highest BCUT2D eigenvalue weighted by Gasteiger charge is 2.23. The molecule has 1 aliphatic rings. The molecule has 216 valence electrons. The highest BCUT2D eigenvalue weighted by Crippen LogP contribution is 2.44. The number of para-hydroxylation sites is 2. The molecule has 0 spiro atoms. The van der Waals surface area contributed by atoms with Crippen molar-refractivity contribution in [1.29, 1.82) is 0 Å². The van der Waals surface area contributed by atoms with E-state index < -0.39 is 0 Å². The molecule has 0 fully saturated rings. The van der Waals surface area contributed by atoms with Crippen LogP contribution in [0.5, 0.6) is 0 Å². The largest absolute Gasteiger partial charge is 0.316 e. The zero-order chi connectivity index (χ0) is 30.6. The number of hydrogen-bond acceptors (Lipinski definition) is 1. The van der Waals surface area contributed by atoms with Crippen molar-refractivity contribution in [3.05, 3.63) is 187 Å². The summed E-state index contributed by atoms with van der Waals surface area (Å²) in [6.45, 7) is 4.69. The molecule has 0 unspecified atom stereocenters. The first-order chi connectivity index (χ1) is 22.8. The zero-order valence-electron chi connectivity index (χ0n) is 25.3. The van der Waals surface area contributed by atoms with Gasteiger partial charge in [-0.3, -0.25) is 0 Å². The highest BCUT2D eigenvalue weighted by molar-refractivity contribution is 6.14. The van der Waals surface area contributed by atoms with Gasteiger partial charge in [-0.15, -0.1) is 0 Å². The van der Waals surface area contributed by atoms with E-state index >= 15 is 0 Å². The van der Waals surface area contributed by atoms with Crippen molar-refractivity contribution < 1.29 is 0 Å². The average Bonchev–Trinajstić information content (AvgIpc) is 3.44. The molecule has 0 amide bonds. The van der Waals surface area contributed by atoms with Gasteiger partial charge in [0.1, 0.15) is 0 Å². The first kappa shape index (κ1) is 26.3. The van der Waals surface area contributed by atoms with Crippen LogP contribution < -0.4 is 4.90 Å². The normalized spacial score (nSPS) is 13.4. The first-order valence-electron chi connectivity index (χ1n) is 15.7. The smallest absolute Gasteiger partial charge is 0.0562 e. The minimum atomic E-state index is 1.02. The van der Waals surface area contributed by atoms with Gasteiger partial charge in [0.25, 0.3) is 0 Å². The van der Waals surface area contributed by atoms with E-state index in [4.69, 9.17) is 6.58 Å². The SMILES string of the molecule is C=C1c2ccccc2/C=C\N(c2ccccc2)c2cc3c(cc21)c1ccccc1n3-c1ccc(-c2ccccc2)c2ccccc12. The average molecular weight is 587 g/mol. The van der Waals surface area contributed by atoms with E-state index in [2.05, 4.69) is 179 Å². The molecule has 0 bridgehead atoms. The van der Waals surface area contributed by atoms with Gasteiger partial charge in [0.15, 0.2) is 0 Å². The van der Waals surface area contributed by atoms with Crippen LogP contribution in [0.25, 0.3) is 61.0 Å². The van der Waals surface area contributed by atoms with E-state index in [-0.39, 0.29) is 0 Å². The van der Waals surface area contributed by atoms with Crippen LogP contribution in [0.3, 0.4) is 0 Å². The molecule has 7 aromatic carbocycles. The maximum atomic E-state index is 4.69. The Balaban J connectivity index is 1.38. The molecule has 0 saturated heterocycles. The summed E-state index contributed by atoms with van der Waals surface area (Å²) in [6.07, 6.45) is 4.40. The van der Waals surface area contributed by atoms with Gasteiger partial charge >= 0.3 is 0 Å². The van der Waals surface area contributed by atoms with Crippen molar-refractivity contribution >= 4 is 55.6 Å². The van der Waals surface area contributed by atoms with Gasteiger partial charge in [-0.05, 0) is 75.7 Å². The Morgan fingerprint density at radius 2 is 1.11 bits per heavy atom. The van der Waals surface area contributed by atoms with Gasteiger partial charge in [0.05, 0.1) is 22.4 Å². The van der Waals surface area contributed by atoms with Gasteiger partial charge in [-0.25, -0.2) is 0 Å². The summed E-state index contributed by atoms with van der Waals surface area (Å²) in [5.41, 5.74) is 12.6. The highest BCUT2D eigenvalue weighted by atomic mass is 15.1. The van der Waals surface area contributed by atoms with Crippen molar-refractivity contribution in [3.8, 4) is 16.8 Å². The van der Waals surface area contributed by atoms with E-state index in [1.807, 2.05) is 0 Å².